The Balaban J connectivity index is 2.50. The minimum Gasteiger partial charge on any atom is -0.497 e. The van der Waals surface area contributed by atoms with E-state index in [1.807, 2.05) is 24.3 Å². The first-order valence-electron chi connectivity index (χ1n) is 4.17. The van der Waals surface area contributed by atoms with Crippen LogP contribution in [-0.4, -0.2) is 20.1 Å². The zero-order valence-electron chi connectivity index (χ0n) is 7.62. The number of ether oxygens (including phenoxy) is 1. The van der Waals surface area contributed by atoms with Gasteiger partial charge >= 0.3 is 0 Å². The molecular formula is C10H13NO2. The number of benzene rings is 1. The fraction of sp³-hybridized carbons (Fsp3) is 0.300. The van der Waals surface area contributed by atoms with E-state index in [1.165, 1.54) is 0 Å². The largest absolute Gasteiger partial charge is 0.497 e. The maximum Gasteiger partial charge on any atom is 0.207 e. The van der Waals surface area contributed by atoms with E-state index >= 15 is 0 Å². The molecule has 0 spiro atoms. The van der Waals surface area contributed by atoms with Crippen LogP contribution in [0, 0.1) is 0 Å². The van der Waals surface area contributed by atoms with Crippen LogP contribution in [0.4, 0.5) is 0 Å². The van der Waals surface area contributed by atoms with E-state index in [4.69, 9.17) is 4.74 Å². The van der Waals surface area contributed by atoms with Gasteiger partial charge in [0.15, 0.2) is 0 Å². The van der Waals surface area contributed by atoms with Crippen molar-refractivity contribution in [2.45, 2.75) is 6.42 Å². The van der Waals surface area contributed by atoms with E-state index in [2.05, 4.69) is 5.32 Å². The molecule has 70 valence electrons. The third-order valence-corrected chi connectivity index (χ3v) is 1.78. The lowest BCUT2D eigenvalue weighted by atomic mass is 10.1. The van der Waals surface area contributed by atoms with Crippen molar-refractivity contribution in [2.24, 2.45) is 0 Å². The predicted molar refractivity (Wildman–Crippen MR) is 50.8 cm³/mol. The molecule has 0 fully saturated rings. The van der Waals surface area contributed by atoms with Crippen LogP contribution >= 0.6 is 0 Å². The van der Waals surface area contributed by atoms with Crippen LogP contribution in [0.25, 0.3) is 0 Å². The molecule has 1 rings (SSSR count). The van der Waals surface area contributed by atoms with E-state index in [-0.39, 0.29) is 0 Å². The molecule has 13 heavy (non-hydrogen) atoms. The zero-order chi connectivity index (χ0) is 9.52. The summed E-state index contributed by atoms with van der Waals surface area (Å²) in [5, 5.41) is 2.61. The van der Waals surface area contributed by atoms with Gasteiger partial charge in [-0.1, -0.05) is 12.1 Å². The maximum atomic E-state index is 9.98. The van der Waals surface area contributed by atoms with Gasteiger partial charge in [0.05, 0.1) is 7.11 Å². The van der Waals surface area contributed by atoms with Crippen LogP contribution in [-0.2, 0) is 11.2 Å². The van der Waals surface area contributed by atoms with Gasteiger partial charge < -0.3 is 10.1 Å². The molecule has 0 aliphatic heterocycles. The Kier molecular flexibility index (Phi) is 3.82. The molecule has 1 N–H and O–H groups in total. The average molecular weight is 179 g/mol. The SMILES string of the molecule is COc1cccc(CCNC=O)c1. The smallest absolute Gasteiger partial charge is 0.207 e. The molecule has 3 nitrogen and oxygen atoms in total. The molecule has 0 bridgehead atoms. The summed E-state index contributed by atoms with van der Waals surface area (Å²) in [7, 11) is 1.64. The van der Waals surface area contributed by atoms with Gasteiger partial charge in [-0.2, -0.15) is 0 Å². The van der Waals surface area contributed by atoms with E-state index in [0.717, 1.165) is 17.7 Å². The third kappa shape index (κ3) is 3.15. The van der Waals surface area contributed by atoms with Crippen molar-refractivity contribution in [2.75, 3.05) is 13.7 Å². The van der Waals surface area contributed by atoms with E-state index < -0.39 is 0 Å². The second kappa shape index (κ2) is 5.19. The fourth-order valence-electron chi connectivity index (χ4n) is 1.10. The number of hydrogen-bond donors (Lipinski definition) is 1. The number of methoxy groups -OCH3 is 1. The molecule has 0 saturated carbocycles. The summed E-state index contributed by atoms with van der Waals surface area (Å²) >= 11 is 0. The number of hydrogen-bond acceptors (Lipinski definition) is 2. The van der Waals surface area contributed by atoms with Crippen molar-refractivity contribution in [3.63, 3.8) is 0 Å². The van der Waals surface area contributed by atoms with Crippen LogP contribution in [0.3, 0.4) is 0 Å². The van der Waals surface area contributed by atoms with Gasteiger partial charge in [0.25, 0.3) is 0 Å². The molecule has 0 heterocycles. The Morgan fingerprint density at radius 2 is 2.38 bits per heavy atom. The van der Waals surface area contributed by atoms with Crippen LogP contribution in [0.1, 0.15) is 5.56 Å². The quantitative estimate of drug-likeness (QED) is 0.540. The Morgan fingerprint density at radius 3 is 3.08 bits per heavy atom. The molecule has 3 heteroatoms. The van der Waals surface area contributed by atoms with Gasteiger partial charge in [-0.3, -0.25) is 4.79 Å². The van der Waals surface area contributed by atoms with Gasteiger partial charge in [0.1, 0.15) is 5.75 Å². The lowest BCUT2D eigenvalue weighted by Crippen LogP contribution is -2.14. The molecule has 0 unspecified atom stereocenters. The monoisotopic (exact) mass is 179 g/mol. The summed E-state index contributed by atoms with van der Waals surface area (Å²) in [6.07, 6.45) is 1.54. The van der Waals surface area contributed by atoms with E-state index in [0.29, 0.717) is 13.0 Å². The van der Waals surface area contributed by atoms with Crippen molar-refractivity contribution in [3.05, 3.63) is 29.8 Å². The summed E-state index contributed by atoms with van der Waals surface area (Å²) in [5.74, 6) is 0.851. The predicted octanol–water partition coefficient (Wildman–Crippen LogP) is 0.984. The van der Waals surface area contributed by atoms with Gasteiger partial charge in [0, 0.05) is 6.54 Å². The van der Waals surface area contributed by atoms with Crippen LogP contribution < -0.4 is 10.1 Å². The van der Waals surface area contributed by atoms with Gasteiger partial charge in [-0.05, 0) is 24.1 Å². The summed E-state index contributed by atoms with van der Waals surface area (Å²) in [6.45, 7) is 0.663. The third-order valence-electron chi connectivity index (χ3n) is 1.78. The minimum atomic E-state index is 0.663. The summed E-state index contributed by atoms with van der Waals surface area (Å²) in [4.78, 5) is 9.98. The molecule has 1 aromatic carbocycles. The van der Waals surface area contributed by atoms with Crippen LogP contribution in [0.15, 0.2) is 24.3 Å². The molecule has 0 radical (unpaired) electrons. The molecule has 0 aromatic heterocycles. The highest BCUT2D eigenvalue weighted by molar-refractivity contribution is 5.45. The first-order valence-corrected chi connectivity index (χ1v) is 4.17. The lowest BCUT2D eigenvalue weighted by molar-refractivity contribution is -0.109. The Bertz CT molecular complexity index is 273. The average Bonchev–Trinajstić information content (AvgIpc) is 2.19. The first-order chi connectivity index (χ1) is 6.36. The summed E-state index contributed by atoms with van der Waals surface area (Å²) in [6, 6.07) is 7.81. The Morgan fingerprint density at radius 1 is 1.54 bits per heavy atom. The Labute approximate surface area is 77.7 Å². The number of rotatable bonds is 5. The van der Waals surface area contributed by atoms with E-state index in [1.54, 1.807) is 7.11 Å². The molecule has 0 aliphatic carbocycles. The van der Waals surface area contributed by atoms with Gasteiger partial charge in [0.2, 0.25) is 6.41 Å². The molecular weight excluding hydrogens is 166 g/mol. The number of carbonyl (C=O) groups is 1. The zero-order valence-corrected chi connectivity index (χ0v) is 7.62. The van der Waals surface area contributed by atoms with Gasteiger partial charge in [-0.25, -0.2) is 0 Å². The second-order valence-electron chi connectivity index (χ2n) is 2.67. The van der Waals surface area contributed by atoms with E-state index in [9.17, 15) is 4.79 Å². The first kappa shape index (κ1) is 9.58. The fourth-order valence-corrected chi connectivity index (χ4v) is 1.10. The standard InChI is InChI=1S/C10H13NO2/c1-13-10-4-2-3-9(7-10)5-6-11-8-12/h2-4,7-8H,5-6H2,1H3,(H,11,12). The molecule has 0 atom stereocenters. The van der Waals surface area contributed by atoms with Crippen molar-refractivity contribution < 1.29 is 9.53 Å². The molecule has 0 saturated heterocycles. The second-order valence-corrected chi connectivity index (χ2v) is 2.67. The normalized spacial score (nSPS) is 9.31. The summed E-state index contributed by atoms with van der Waals surface area (Å²) in [5.41, 5.74) is 1.16. The highest BCUT2D eigenvalue weighted by Gasteiger charge is 1.94. The summed E-state index contributed by atoms with van der Waals surface area (Å²) < 4.78 is 5.07. The van der Waals surface area contributed by atoms with Gasteiger partial charge in [-0.15, -0.1) is 0 Å². The number of amides is 1. The highest BCUT2D eigenvalue weighted by atomic mass is 16.5. The highest BCUT2D eigenvalue weighted by Crippen LogP contribution is 2.12. The topological polar surface area (TPSA) is 38.3 Å². The van der Waals surface area contributed by atoms with Crippen molar-refractivity contribution >= 4 is 6.41 Å². The van der Waals surface area contributed by atoms with Crippen molar-refractivity contribution in [1.29, 1.82) is 0 Å². The molecule has 1 aromatic rings. The molecule has 1 amide bonds. The minimum absolute atomic E-state index is 0.663. The van der Waals surface area contributed by atoms with Crippen LogP contribution in [0.2, 0.25) is 0 Å². The molecule has 0 aliphatic rings. The Hall–Kier alpha value is -1.51. The number of carbonyl (C=O) groups excluding carboxylic acids is 1. The van der Waals surface area contributed by atoms with Crippen molar-refractivity contribution in [1.82, 2.24) is 5.32 Å². The van der Waals surface area contributed by atoms with Crippen molar-refractivity contribution in [3.8, 4) is 5.75 Å². The van der Waals surface area contributed by atoms with Crippen LogP contribution in [0.5, 0.6) is 5.75 Å². The number of nitrogens with one attached hydrogen (secondary N) is 1. The lowest BCUT2D eigenvalue weighted by Gasteiger charge is -2.03. The maximum absolute atomic E-state index is 9.98.